The molecule has 3 rings (SSSR count). The summed E-state index contributed by atoms with van der Waals surface area (Å²) in [6.07, 6.45) is -6.10. The summed E-state index contributed by atoms with van der Waals surface area (Å²) >= 11 is 6.03. The number of benzene rings is 1. The number of rotatable bonds is 5. The van der Waals surface area contributed by atoms with Gasteiger partial charge in [0.2, 0.25) is 5.88 Å². The van der Waals surface area contributed by atoms with Gasteiger partial charge >= 0.3 is 12.1 Å². The highest BCUT2D eigenvalue weighted by atomic mass is 35.5. The van der Waals surface area contributed by atoms with Crippen molar-refractivity contribution in [2.24, 2.45) is 0 Å². The van der Waals surface area contributed by atoms with Crippen LogP contribution >= 0.6 is 11.6 Å². The quantitative estimate of drug-likeness (QED) is 0.549. The summed E-state index contributed by atoms with van der Waals surface area (Å²) in [4.78, 5) is 32.1. The minimum absolute atomic E-state index is 0.0140. The molecule has 1 atom stereocenters. The van der Waals surface area contributed by atoms with Crippen LogP contribution in [0.1, 0.15) is 36.3 Å². The first-order valence-electron chi connectivity index (χ1n) is 10.7. The highest BCUT2D eigenvalue weighted by Gasteiger charge is 2.44. The predicted molar refractivity (Wildman–Crippen MR) is 119 cm³/mol. The number of nitrogens with zero attached hydrogens (tertiary/aromatic N) is 3. The van der Waals surface area contributed by atoms with E-state index >= 15 is 0 Å². The standard InChI is InChI=1S/C23H25ClF3N3O4/c1-14(2)29-10-5-11-30(20(13-29)34-22(32)23(25,26)27)21(31)18-6-4-7-19(28-18)33-16-8-9-17(24)15(3)12-16/h4,6-9,12,14,20H,5,10-11,13H2,1-3H3. The fraction of sp³-hybridized carbons (Fsp3) is 0.435. The largest absolute Gasteiger partial charge is 0.491 e. The van der Waals surface area contributed by atoms with E-state index in [9.17, 15) is 22.8 Å². The fourth-order valence-corrected chi connectivity index (χ4v) is 3.63. The Morgan fingerprint density at radius 1 is 1.18 bits per heavy atom. The Kier molecular flexibility index (Phi) is 8.04. The molecule has 0 spiro atoms. The molecule has 0 bridgehead atoms. The summed E-state index contributed by atoms with van der Waals surface area (Å²) in [5, 5.41) is 0.570. The van der Waals surface area contributed by atoms with Crippen LogP contribution < -0.4 is 4.74 Å². The second-order valence-electron chi connectivity index (χ2n) is 8.17. The highest BCUT2D eigenvalue weighted by molar-refractivity contribution is 6.31. The summed E-state index contributed by atoms with van der Waals surface area (Å²) in [6, 6.07) is 9.53. The molecule has 11 heteroatoms. The molecular weight excluding hydrogens is 475 g/mol. The van der Waals surface area contributed by atoms with Gasteiger partial charge in [-0.05, 0) is 57.0 Å². The first-order chi connectivity index (χ1) is 16.0. The van der Waals surface area contributed by atoms with Crippen LogP contribution in [0, 0.1) is 6.92 Å². The first kappa shape index (κ1) is 25.8. The SMILES string of the molecule is Cc1cc(Oc2cccc(C(=O)N3CCCN(C(C)C)CC3OC(=O)C(F)(F)F)n2)ccc1Cl. The van der Waals surface area contributed by atoms with Gasteiger partial charge in [0.05, 0.1) is 6.54 Å². The Hall–Kier alpha value is -2.85. The van der Waals surface area contributed by atoms with Crippen molar-refractivity contribution in [3.05, 3.63) is 52.7 Å². The number of pyridine rings is 1. The predicted octanol–water partition coefficient (Wildman–Crippen LogP) is 4.82. The van der Waals surface area contributed by atoms with Crippen molar-refractivity contribution in [3.8, 4) is 11.6 Å². The summed E-state index contributed by atoms with van der Waals surface area (Å²) in [5.74, 6) is -2.43. The molecule has 0 radical (unpaired) electrons. The van der Waals surface area contributed by atoms with Crippen molar-refractivity contribution in [1.29, 1.82) is 0 Å². The molecule has 0 N–H and O–H groups in total. The number of halogens is 4. The lowest BCUT2D eigenvalue weighted by Crippen LogP contribution is -2.49. The molecule has 1 aromatic carbocycles. The molecule has 1 fully saturated rings. The maximum Gasteiger partial charge on any atom is 0.491 e. The molecule has 1 aliphatic heterocycles. The van der Waals surface area contributed by atoms with E-state index in [4.69, 9.17) is 21.1 Å². The molecule has 1 saturated heterocycles. The minimum Gasteiger partial charge on any atom is -0.439 e. The van der Waals surface area contributed by atoms with Gasteiger partial charge in [-0.25, -0.2) is 9.78 Å². The Morgan fingerprint density at radius 2 is 1.91 bits per heavy atom. The topological polar surface area (TPSA) is 72.0 Å². The van der Waals surface area contributed by atoms with E-state index in [1.807, 2.05) is 25.7 Å². The third-order valence-electron chi connectivity index (χ3n) is 5.34. The van der Waals surface area contributed by atoms with Crippen molar-refractivity contribution in [1.82, 2.24) is 14.8 Å². The number of esters is 1. The third kappa shape index (κ3) is 6.38. The summed E-state index contributed by atoms with van der Waals surface area (Å²) < 4.78 is 49.2. The second kappa shape index (κ2) is 10.6. The number of aromatic nitrogens is 1. The van der Waals surface area contributed by atoms with Crippen molar-refractivity contribution >= 4 is 23.5 Å². The third-order valence-corrected chi connectivity index (χ3v) is 5.77. The van der Waals surface area contributed by atoms with Crippen LogP contribution in [0.25, 0.3) is 0 Å². The van der Waals surface area contributed by atoms with Gasteiger partial charge < -0.3 is 14.4 Å². The average molecular weight is 500 g/mol. The molecule has 0 saturated carbocycles. The molecule has 1 unspecified atom stereocenters. The van der Waals surface area contributed by atoms with Crippen LogP contribution in [-0.2, 0) is 9.53 Å². The van der Waals surface area contributed by atoms with Crippen LogP contribution in [0.4, 0.5) is 13.2 Å². The lowest BCUT2D eigenvalue weighted by atomic mass is 10.2. The second-order valence-corrected chi connectivity index (χ2v) is 8.58. The van der Waals surface area contributed by atoms with Crippen molar-refractivity contribution in [2.75, 3.05) is 19.6 Å². The van der Waals surface area contributed by atoms with Crippen LogP contribution in [-0.4, -0.2) is 64.7 Å². The normalized spacial score (nSPS) is 17.4. The van der Waals surface area contributed by atoms with Gasteiger partial charge in [0.15, 0.2) is 6.23 Å². The maximum absolute atomic E-state index is 13.3. The first-order valence-corrected chi connectivity index (χ1v) is 11.1. The molecule has 7 nitrogen and oxygen atoms in total. The van der Waals surface area contributed by atoms with Gasteiger partial charge in [-0.2, -0.15) is 13.2 Å². The number of amides is 1. The molecule has 184 valence electrons. The molecule has 1 aromatic heterocycles. The number of ether oxygens (including phenoxy) is 2. The number of aryl methyl sites for hydroxylation is 1. The van der Waals surface area contributed by atoms with E-state index in [-0.39, 0.29) is 30.7 Å². The average Bonchev–Trinajstić information content (AvgIpc) is 2.98. The van der Waals surface area contributed by atoms with E-state index in [1.165, 1.54) is 6.07 Å². The number of carbonyl (C=O) groups excluding carboxylic acids is 2. The lowest BCUT2D eigenvalue weighted by Gasteiger charge is -2.32. The lowest BCUT2D eigenvalue weighted by molar-refractivity contribution is -0.211. The molecule has 2 aromatic rings. The van der Waals surface area contributed by atoms with E-state index in [1.54, 1.807) is 30.3 Å². The van der Waals surface area contributed by atoms with Gasteiger partial charge in [-0.15, -0.1) is 0 Å². The zero-order valence-electron chi connectivity index (χ0n) is 18.9. The van der Waals surface area contributed by atoms with E-state index < -0.39 is 24.3 Å². The van der Waals surface area contributed by atoms with Crippen LogP contribution in [0.5, 0.6) is 11.6 Å². The summed E-state index contributed by atoms with van der Waals surface area (Å²) in [7, 11) is 0. The monoisotopic (exact) mass is 499 g/mol. The highest BCUT2D eigenvalue weighted by Crippen LogP contribution is 2.26. The maximum atomic E-state index is 13.3. The van der Waals surface area contributed by atoms with Gasteiger partial charge in [-0.3, -0.25) is 9.69 Å². The Morgan fingerprint density at radius 3 is 2.56 bits per heavy atom. The van der Waals surface area contributed by atoms with Crippen molar-refractivity contribution < 1.29 is 32.2 Å². The molecule has 0 aliphatic carbocycles. The van der Waals surface area contributed by atoms with E-state index in [0.717, 1.165) is 10.5 Å². The van der Waals surface area contributed by atoms with Crippen LogP contribution in [0.15, 0.2) is 36.4 Å². The smallest absolute Gasteiger partial charge is 0.439 e. The Bertz CT molecular complexity index is 1050. The zero-order chi connectivity index (χ0) is 25.0. The van der Waals surface area contributed by atoms with E-state index in [0.29, 0.717) is 23.7 Å². The molecule has 34 heavy (non-hydrogen) atoms. The summed E-state index contributed by atoms with van der Waals surface area (Å²) in [6.45, 7) is 6.15. The van der Waals surface area contributed by atoms with Crippen LogP contribution in [0.2, 0.25) is 5.02 Å². The minimum atomic E-state index is -5.17. The number of hydrogen-bond donors (Lipinski definition) is 0. The number of carbonyl (C=O) groups is 2. The van der Waals surface area contributed by atoms with Gasteiger partial charge in [0, 0.05) is 30.2 Å². The Labute approximate surface area is 200 Å². The number of alkyl halides is 3. The molecule has 2 heterocycles. The van der Waals surface area contributed by atoms with Gasteiger partial charge in [0.25, 0.3) is 5.91 Å². The molecule has 1 amide bonds. The molecular formula is C23H25ClF3N3O4. The number of hydrogen-bond acceptors (Lipinski definition) is 6. The summed E-state index contributed by atoms with van der Waals surface area (Å²) in [5.41, 5.74) is 0.745. The zero-order valence-corrected chi connectivity index (χ0v) is 19.7. The van der Waals surface area contributed by atoms with Gasteiger partial charge in [-0.1, -0.05) is 17.7 Å². The fourth-order valence-electron chi connectivity index (χ4n) is 3.51. The van der Waals surface area contributed by atoms with E-state index in [2.05, 4.69) is 4.98 Å². The van der Waals surface area contributed by atoms with Crippen molar-refractivity contribution in [2.45, 2.75) is 45.6 Å². The molecule has 1 aliphatic rings. The van der Waals surface area contributed by atoms with Crippen molar-refractivity contribution in [3.63, 3.8) is 0 Å². The Balaban J connectivity index is 1.85. The van der Waals surface area contributed by atoms with Gasteiger partial charge in [0.1, 0.15) is 11.4 Å². The van der Waals surface area contributed by atoms with Crippen LogP contribution in [0.3, 0.4) is 0 Å².